The fraction of sp³-hybridized carbons (Fsp3) is 0.294. The maximum absolute atomic E-state index is 2.41. The van der Waals surface area contributed by atoms with Crippen LogP contribution in [-0.4, -0.2) is 10.5 Å². The molecule has 1 aliphatic carbocycles. The first-order valence-corrected chi connectivity index (χ1v) is 9.67. The van der Waals surface area contributed by atoms with E-state index in [1.807, 2.05) is 0 Å². The van der Waals surface area contributed by atoms with Gasteiger partial charge in [-0.1, -0.05) is 24.3 Å². The third kappa shape index (κ3) is 1.29. The Morgan fingerprint density at radius 2 is 1.00 bits per heavy atom. The number of benzene rings is 2. The van der Waals surface area contributed by atoms with Crippen molar-refractivity contribution in [1.29, 1.82) is 0 Å². The summed E-state index contributed by atoms with van der Waals surface area (Å²) in [5, 5.41) is 1.90. The Hall–Kier alpha value is -0.860. The van der Waals surface area contributed by atoms with Crippen LogP contribution in [0.1, 0.15) is 19.3 Å². The van der Waals surface area contributed by atoms with E-state index in [2.05, 4.69) is 48.5 Å². The lowest BCUT2D eigenvalue weighted by Crippen LogP contribution is -2.46. The smallest absolute Gasteiger partial charge is 0.0569 e. The lowest BCUT2D eigenvalue weighted by molar-refractivity contribution is 0.851. The quantitative estimate of drug-likeness (QED) is 0.641. The number of hydrogen-bond donors (Lipinski definition) is 0. The van der Waals surface area contributed by atoms with Crippen LogP contribution >= 0.6 is 0 Å². The molecule has 19 heavy (non-hydrogen) atoms. The fourth-order valence-corrected chi connectivity index (χ4v) is 11.2. The predicted octanol–water partition coefficient (Wildman–Crippen LogP) is 4.01. The number of rotatable bonds is 0. The zero-order valence-corrected chi connectivity index (χ0v) is 12.3. The summed E-state index contributed by atoms with van der Waals surface area (Å²) in [6.07, 6.45) is 4.37. The van der Waals surface area contributed by atoms with Gasteiger partial charge in [-0.25, -0.2) is 0 Å². The molecule has 3 aliphatic heterocycles. The van der Waals surface area contributed by atoms with Crippen LogP contribution in [0.4, 0.5) is 0 Å². The first kappa shape index (κ1) is 10.9. The molecule has 2 bridgehead atoms. The van der Waals surface area contributed by atoms with Gasteiger partial charge in [0.05, 0.1) is 21.8 Å². The largest absolute Gasteiger partial charge is 0.216 e. The Morgan fingerprint density at radius 3 is 1.37 bits per heavy atom. The van der Waals surface area contributed by atoms with Gasteiger partial charge >= 0.3 is 0 Å². The van der Waals surface area contributed by atoms with E-state index in [0.717, 1.165) is 10.5 Å². The van der Waals surface area contributed by atoms with Gasteiger partial charge in [0.1, 0.15) is 0 Å². The molecular formula is C17H16S2+2. The summed E-state index contributed by atoms with van der Waals surface area (Å²) >= 11 is 0. The van der Waals surface area contributed by atoms with Crippen molar-refractivity contribution in [1.82, 2.24) is 0 Å². The molecule has 94 valence electrons. The summed E-state index contributed by atoms with van der Waals surface area (Å²) in [4.78, 5) is 6.70. The first-order chi connectivity index (χ1) is 9.45. The Labute approximate surface area is 119 Å². The summed E-state index contributed by atoms with van der Waals surface area (Å²) < 4.78 is 0. The van der Waals surface area contributed by atoms with Gasteiger partial charge in [-0.2, -0.15) is 0 Å². The lowest BCUT2D eigenvalue weighted by Gasteiger charge is -2.32. The Bertz CT molecular complexity index is 560. The standard InChI is InChI=1S/C17H16S2/c1-2-7-13-12(6-1)18-14-8-3-4-9-15(14)19(13)17-11-5-10-16(17)18/h1-4,6-9,16-17H,5,10-11H2/q+2. The minimum absolute atomic E-state index is 0.366. The van der Waals surface area contributed by atoms with Crippen LogP contribution in [0, 0.1) is 0 Å². The molecule has 1 fully saturated rings. The molecule has 2 atom stereocenters. The summed E-state index contributed by atoms with van der Waals surface area (Å²) in [6, 6.07) is 18.6. The zero-order valence-electron chi connectivity index (χ0n) is 10.7. The Balaban J connectivity index is 1.85. The molecule has 1 saturated carbocycles. The van der Waals surface area contributed by atoms with E-state index in [-0.39, 0.29) is 0 Å². The Kier molecular flexibility index (Phi) is 2.19. The van der Waals surface area contributed by atoms with Gasteiger partial charge in [-0.3, -0.25) is 0 Å². The second-order valence-electron chi connectivity index (χ2n) is 5.58. The molecule has 2 aromatic carbocycles. The average molecular weight is 284 g/mol. The molecule has 2 unspecified atom stereocenters. The van der Waals surface area contributed by atoms with Gasteiger partial charge in [0.25, 0.3) is 0 Å². The van der Waals surface area contributed by atoms with E-state index in [1.165, 1.54) is 19.3 Å². The summed E-state index contributed by atoms with van der Waals surface area (Å²) in [5.74, 6) is 0. The molecule has 0 radical (unpaired) electrons. The van der Waals surface area contributed by atoms with E-state index in [1.54, 1.807) is 19.6 Å². The zero-order chi connectivity index (χ0) is 12.4. The topological polar surface area (TPSA) is 0 Å². The number of hydrogen-bond acceptors (Lipinski definition) is 0. The maximum atomic E-state index is 2.41. The lowest BCUT2D eigenvalue weighted by atomic mass is 10.3. The van der Waals surface area contributed by atoms with Crippen molar-refractivity contribution in [2.24, 2.45) is 0 Å². The molecule has 0 N–H and O–H groups in total. The summed E-state index contributed by atoms with van der Waals surface area (Å²) in [6.45, 7) is 0. The van der Waals surface area contributed by atoms with Gasteiger partial charge in [-0.05, 0) is 30.7 Å². The molecule has 3 heterocycles. The van der Waals surface area contributed by atoms with Gasteiger partial charge in [0.2, 0.25) is 19.6 Å². The van der Waals surface area contributed by atoms with Crippen LogP contribution in [0.25, 0.3) is 0 Å². The molecule has 0 nitrogen and oxygen atoms in total. The highest BCUT2D eigenvalue weighted by molar-refractivity contribution is 8.06. The normalized spacial score (nSPS) is 33.7. The highest BCUT2D eigenvalue weighted by Crippen LogP contribution is 2.56. The van der Waals surface area contributed by atoms with Crippen molar-refractivity contribution in [3.05, 3.63) is 48.5 Å². The van der Waals surface area contributed by atoms with Crippen LogP contribution in [0.2, 0.25) is 0 Å². The van der Waals surface area contributed by atoms with Crippen molar-refractivity contribution in [2.75, 3.05) is 0 Å². The third-order valence-corrected chi connectivity index (χ3v) is 10.7. The average Bonchev–Trinajstić information content (AvgIpc) is 2.96. The Morgan fingerprint density at radius 1 is 0.632 bits per heavy atom. The van der Waals surface area contributed by atoms with Crippen molar-refractivity contribution in [3.8, 4) is 0 Å². The van der Waals surface area contributed by atoms with Gasteiger partial charge < -0.3 is 0 Å². The maximum Gasteiger partial charge on any atom is 0.216 e. The summed E-state index contributed by atoms with van der Waals surface area (Å²) in [7, 11) is 0.732. The van der Waals surface area contributed by atoms with Gasteiger partial charge in [0.15, 0.2) is 10.5 Å². The van der Waals surface area contributed by atoms with E-state index < -0.39 is 0 Å². The van der Waals surface area contributed by atoms with E-state index in [4.69, 9.17) is 0 Å². The van der Waals surface area contributed by atoms with Crippen molar-refractivity contribution >= 4 is 21.8 Å². The van der Waals surface area contributed by atoms with Crippen LogP contribution in [0.5, 0.6) is 0 Å². The summed E-state index contributed by atoms with van der Waals surface area (Å²) in [5.41, 5.74) is 0. The molecule has 2 heteroatoms. The monoisotopic (exact) mass is 284 g/mol. The SMILES string of the molecule is c1ccc2c(c1)[S+]1c3ccccc3[S+]2C2CCCC21. The molecule has 0 saturated heterocycles. The predicted molar refractivity (Wildman–Crippen MR) is 82.1 cm³/mol. The minimum Gasteiger partial charge on any atom is -0.0569 e. The second kappa shape index (κ2) is 3.83. The fourth-order valence-electron chi connectivity index (χ4n) is 3.95. The third-order valence-electron chi connectivity index (χ3n) is 4.64. The molecule has 0 spiro atoms. The van der Waals surface area contributed by atoms with Crippen molar-refractivity contribution < 1.29 is 0 Å². The highest BCUT2D eigenvalue weighted by atomic mass is 32.2. The molecule has 0 amide bonds. The van der Waals surface area contributed by atoms with Crippen LogP contribution in [0.3, 0.4) is 0 Å². The van der Waals surface area contributed by atoms with Crippen LogP contribution < -0.4 is 0 Å². The second-order valence-corrected chi connectivity index (χ2v) is 9.90. The minimum atomic E-state index is 0.366. The van der Waals surface area contributed by atoms with Gasteiger partial charge in [0, 0.05) is 12.8 Å². The highest BCUT2D eigenvalue weighted by Gasteiger charge is 2.66. The van der Waals surface area contributed by atoms with E-state index in [9.17, 15) is 0 Å². The molecule has 0 aromatic heterocycles. The van der Waals surface area contributed by atoms with E-state index >= 15 is 0 Å². The van der Waals surface area contributed by atoms with Crippen molar-refractivity contribution in [2.45, 2.75) is 49.3 Å². The molecule has 4 aliphatic rings. The molecular weight excluding hydrogens is 268 g/mol. The van der Waals surface area contributed by atoms with Crippen LogP contribution in [-0.2, 0) is 21.8 Å². The van der Waals surface area contributed by atoms with Crippen molar-refractivity contribution in [3.63, 3.8) is 0 Å². The van der Waals surface area contributed by atoms with Gasteiger partial charge in [-0.15, -0.1) is 0 Å². The molecule has 2 aromatic rings. The van der Waals surface area contributed by atoms with E-state index in [0.29, 0.717) is 21.8 Å². The van der Waals surface area contributed by atoms with Crippen LogP contribution in [0.15, 0.2) is 68.1 Å². The first-order valence-electron chi connectivity index (χ1n) is 7.09. The molecule has 6 rings (SSSR count).